The Hall–Kier alpha value is -5.28. The molecule has 246 valence electrons. The minimum Gasteiger partial charge on any atom is -0.365 e. The monoisotopic (exact) mass is 649 g/mol. The second-order valence-corrected chi connectivity index (χ2v) is 14.6. The van der Waals surface area contributed by atoms with Crippen molar-refractivity contribution in [2.45, 2.75) is 69.0 Å². The van der Waals surface area contributed by atoms with Crippen molar-refractivity contribution in [3.05, 3.63) is 178 Å². The zero-order valence-corrected chi connectivity index (χ0v) is 28.5. The van der Waals surface area contributed by atoms with Crippen LogP contribution in [0.25, 0.3) is 23.4 Å². The molecule has 10 rings (SSSR count). The van der Waals surface area contributed by atoms with Crippen LogP contribution in [0.1, 0.15) is 94.9 Å². The zero-order valence-electron chi connectivity index (χ0n) is 28.5. The lowest BCUT2D eigenvalue weighted by atomic mass is 9.84. The number of anilines is 2. The molecule has 0 spiro atoms. The normalized spacial score (nSPS) is 23.2. The van der Waals surface area contributed by atoms with E-state index in [0.717, 1.165) is 38.5 Å². The molecule has 4 atom stereocenters. The third kappa shape index (κ3) is 4.94. The zero-order chi connectivity index (χ0) is 33.0. The fraction of sp³-hybridized carbons (Fsp3) is 0.234. The van der Waals surface area contributed by atoms with E-state index in [9.17, 15) is 0 Å². The Morgan fingerprint density at radius 2 is 1.46 bits per heavy atom. The molecule has 3 nitrogen and oxygen atoms in total. The fourth-order valence-corrected chi connectivity index (χ4v) is 9.56. The lowest BCUT2D eigenvalue weighted by Gasteiger charge is -2.34. The Labute approximate surface area is 296 Å². The van der Waals surface area contributed by atoms with Crippen LogP contribution in [0.2, 0.25) is 0 Å². The van der Waals surface area contributed by atoms with Crippen LogP contribution in [0.15, 0.2) is 133 Å². The van der Waals surface area contributed by atoms with Crippen molar-refractivity contribution in [1.82, 2.24) is 9.88 Å². The summed E-state index contributed by atoms with van der Waals surface area (Å²) in [7, 11) is 0. The summed E-state index contributed by atoms with van der Waals surface area (Å²) < 4.78 is 2.68. The number of fused-ring (bicyclic) bond motifs is 6. The minimum absolute atomic E-state index is 0.144. The number of rotatable bonds is 5. The van der Waals surface area contributed by atoms with E-state index in [1.54, 1.807) is 11.1 Å². The van der Waals surface area contributed by atoms with Gasteiger partial charge in [-0.25, -0.2) is 0 Å². The van der Waals surface area contributed by atoms with Gasteiger partial charge in [0, 0.05) is 40.3 Å². The smallest absolute Gasteiger partial charge is 0.105 e. The topological polar surface area (TPSA) is 20.2 Å². The molecule has 0 saturated heterocycles. The Morgan fingerprint density at radius 3 is 2.30 bits per heavy atom. The largest absolute Gasteiger partial charge is 0.365 e. The first-order chi connectivity index (χ1) is 24.8. The third-order valence-corrected chi connectivity index (χ3v) is 11.9. The molecule has 1 N–H and O–H groups in total. The highest BCUT2D eigenvalue weighted by Crippen LogP contribution is 2.51. The number of para-hydroxylation sites is 1. The average molecular weight is 650 g/mol. The first-order valence-corrected chi connectivity index (χ1v) is 18.7. The Bertz CT molecular complexity index is 2180. The molecule has 0 radical (unpaired) electrons. The van der Waals surface area contributed by atoms with E-state index in [0.29, 0.717) is 17.9 Å². The van der Waals surface area contributed by atoms with E-state index < -0.39 is 0 Å². The van der Waals surface area contributed by atoms with E-state index in [1.165, 1.54) is 62.7 Å². The summed E-state index contributed by atoms with van der Waals surface area (Å²) in [6, 6.07) is 40.7. The molecule has 2 aliphatic heterocycles. The van der Waals surface area contributed by atoms with E-state index in [1.807, 2.05) is 0 Å². The molecular formula is C47H43N3. The van der Waals surface area contributed by atoms with Crippen molar-refractivity contribution in [3.8, 4) is 0 Å². The second kappa shape index (κ2) is 12.2. The van der Waals surface area contributed by atoms with Gasteiger partial charge >= 0.3 is 0 Å². The molecule has 3 aliphatic carbocycles. The number of benzene rings is 4. The van der Waals surface area contributed by atoms with Crippen LogP contribution >= 0.6 is 0 Å². The van der Waals surface area contributed by atoms with Crippen molar-refractivity contribution in [2.24, 2.45) is 0 Å². The highest BCUT2D eigenvalue weighted by molar-refractivity contribution is 5.87. The first-order valence-electron chi connectivity index (χ1n) is 18.7. The summed E-state index contributed by atoms with van der Waals surface area (Å²) in [4.78, 5) is 2.58. The number of allylic oxidation sites excluding steroid dienone is 4. The molecule has 0 saturated carbocycles. The van der Waals surface area contributed by atoms with Gasteiger partial charge in [-0.3, -0.25) is 0 Å². The number of nitrogens with zero attached hydrogens (tertiary/aromatic N) is 2. The van der Waals surface area contributed by atoms with Gasteiger partial charge in [0.1, 0.15) is 6.17 Å². The summed E-state index contributed by atoms with van der Waals surface area (Å²) in [5, 5.41) is 4.06. The summed E-state index contributed by atoms with van der Waals surface area (Å²) in [5.41, 5.74) is 16.8. The van der Waals surface area contributed by atoms with Crippen molar-refractivity contribution in [2.75, 3.05) is 4.90 Å². The predicted octanol–water partition coefficient (Wildman–Crippen LogP) is 11.2. The highest BCUT2D eigenvalue weighted by Gasteiger charge is 2.39. The van der Waals surface area contributed by atoms with Gasteiger partial charge in [-0.15, -0.1) is 0 Å². The molecule has 3 heteroatoms. The first kappa shape index (κ1) is 29.6. The minimum atomic E-state index is 0.144. The summed E-state index contributed by atoms with van der Waals surface area (Å²) in [5.74, 6) is 0.855. The molecule has 3 heterocycles. The SMILES string of the molecule is C1=Cc2c(c3c(n2C2CC(c4ccccc4)C=C(c4ccccc4)N2)C=C(c2ccc4c(c2)C2CCC=CC2N4c2ccccc2)CC3)CC1. The molecule has 0 amide bonds. The Morgan fingerprint density at radius 1 is 0.680 bits per heavy atom. The molecule has 1 aromatic heterocycles. The maximum Gasteiger partial charge on any atom is 0.105 e. The summed E-state index contributed by atoms with van der Waals surface area (Å²) in [6.45, 7) is 0. The summed E-state index contributed by atoms with van der Waals surface area (Å²) >= 11 is 0. The Balaban J connectivity index is 1.07. The quantitative estimate of drug-likeness (QED) is 0.191. The van der Waals surface area contributed by atoms with E-state index in [2.05, 4.69) is 160 Å². The van der Waals surface area contributed by atoms with Crippen molar-refractivity contribution < 1.29 is 0 Å². The summed E-state index contributed by atoms with van der Waals surface area (Å²) in [6.07, 6.45) is 22.6. The highest BCUT2D eigenvalue weighted by atomic mass is 15.2. The van der Waals surface area contributed by atoms with Crippen molar-refractivity contribution in [1.29, 1.82) is 0 Å². The predicted molar refractivity (Wildman–Crippen MR) is 208 cm³/mol. The van der Waals surface area contributed by atoms with E-state index >= 15 is 0 Å². The average Bonchev–Trinajstić information content (AvgIpc) is 3.71. The van der Waals surface area contributed by atoms with Gasteiger partial charge in [-0.05, 0) is 120 Å². The lowest BCUT2D eigenvalue weighted by molar-refractivity contribution is 0.395. The molecule has 5 aromatic rings. The van der Waals surface area contributed by atoms with Gasteiger partial charge in [-0.2, -0.15) is 0 Å². The van der Waals surface area contributed by atoms with Crippen LogP contribution in [0.3, 0.4) is 0 Å². The molecule has 4 aromatic carbocycles. The van der Waals surface area contributed by atoms with Gasteiger partial charge in [-0.1, -0.05) is 109 Å². The van der Waals surface area contributed by atoms with Gasteiger partial charge < -0.3 is 14.8 Å². The van der Waals surface area contributed by atoms with Crippen molar-refractivity contribution in [3.63, 3.8) is 0 Å². The van der Waals surface area contributed by atoms with Gasteiger partial charge in [0.05, 0.1) is 6.04 Å². The van der Waals surface area contributed by atoms with Gasteiger partial charge in [0.2, 0.25) is 0 Å². The van der Waals surface area contributed by atoms with Crippen molar-refractivity contribution >= 4 is 34.8 Å². The van der Waals surface area contributed by atoms with Gasteiger partial charge in [0.15, 0.2) is 0 Å². The number of aromatic nitrogens is 1. The molecular weight excluding hydrogens is 607 g/mol. The maximum absolute atomic E-state index is 4.06. The number of hydrogen-bond donors (Lipinski definition) is 1. The third-order valence-electron chi connectivity index (χ3n) is 11.9. The molecule has 50 heavy (non-hydrogen) atoms. The lowest BCUT2D eigenvalue weighted by Crippen LogP contribution is -2.32. The van der Waals surface area contributed by atoms with Crippen LogP contribution in [0.4, 0.5) is 11.4 Å². The van der Waals surface area contributed by atoms with Crippen LogP contribution in [-0.2, 0) is 12.8 Å². The van der Waals surface area contributed by atoms with Crippen LogP contribution in [0.5, 0.6) is 0 Å². The van der Waals surface area contributed by atoms with Crippen LogP contribution in [-0.4, -0.2) is 10.6 Å². The second-order valence-electron chi connectivity index (χ2n) is 14.6. The number of nitrogens with one attached hydrogen (secondary N) is 1. The van der Waals surface area contributed by atoms with E-state index in [4.69, 9.17) is 0 Å². The van der Waals surface area contributed by atoms with E-state index in [-0.39, 0.29) is 6.17 Å². The standard InChI is InChI=1S/C47H43N3/c1-4-14-32(15-5-1)36-29-42(33-16-6-2-7-17-33)48-47(31-36)50-44-23-13-10-20-38(44)40-26-24-35(30-46(40)50)34-25-27-45-41(28-34)39-21-11-12-22-43(39)49(45)37-18-8-3-9-19-37/h1-9,12-19,22-23,25,27-30,36,39,43,47-48H,10-11,20-21,24,26,31H2. The van der Waals surface area contributed by atoms with Crippen LogP contribution < -0.4 is 10.2 Å². The van der Waals surface area contributed by atoms with Crippen LogP contribution in [0, 0.1) is 0 Å². The molecule has 4 unspecified atom stereocenters. The molecule has 0 bridgehead atoms. The Kier molecular flexibility index (Phi) is 7.25. The maximum atomic E-state index is 4.06. The molecule has 0 fully saturated rings. The van der Waals surface area contributed by atoms with Gasteiger partial charge in [0.25, 0.3) is 0 Å². The fourth-order valence-electron chi connectivity index (χ4n) is 9.56. The molecule has 5 aliphatic rings. The number of hydrogen-bond acceptors (Lipinski definition) is 2.